The maximum atomic E-state index is 11.8. The molecule has 1 aromatic carbocycles. The minimum absolute atomic E-state index is 0.258. The average molecular weight is 240 g/mol. The fourth-order valence-corrected chi connectivity index (χ4v) is 2.28. The Bertz CT molecular complexity index is 598. The molecule has 0 radical (unpaired) electrons. The maximum absolute atomic E-state index is 11.8. The van der Waals surface area contributed by atoms with Crippen LogP contribution in [0.4, 0.5) is 0 Å². The molecule has 1 aliphatic rings. The van der Waals surface area contributed by atoms with Gasteiger partial charge < -0.3 is 10.4 Å². The van der Waals surface area contributed by atoms with Crippen LogP contribution >= 0.6 is 0 Å². The number of amides is 1. The third-order valence-electron chi connectivity index (χ3n) is 3.13. The average Bonchev–Trinajstić information content (AvgIpc) is 2.63. The zero-order valence-corrected chi connectivity index (χ0v) is 9.63. The van der Waals surface area contributed by atoms with Crippen molar-refractivity contribution < 1.29 is 9.90 Å². The largest absolute Gasteiger partial charge is 0.366 e. The Morgan fingerprint density at radius 2 is 2.00 bits per heavy atom. The minimum atomic E-state index is -1.36. The zero-order valence-electron chi connectivity index (χ0n) is 9.63. The number of hydrogen-bond acceptors (Lipinski definition) is 3. The summed E-state index contributed by atoms with van der Waals surface area (Å²) >= 11 is 0. The molecule has 1 aromatic heterocycles. The molecular formula is C14H12N2O2. The fraction of sp³-hybridized carbons (Fsp3) is 0.143. The van der Waals surface area contributed by atoms with Crippen LogP contribution < -0.4 is 5.32 Å². The van der Waals surface area contributed by atoms with E-state index in [0.717, 1.165) is 5.56 Å². The Morgan fingerprint density at radius 3 is 2.78 bits per heavy atom. The monoisotopic (exact) mass is 240 g/mol. The van der Waals surface area contributed by atoms with Crippen LogP contribution in [-0.4, -0.2) is 16.0 Å². The van der Waals surface area contributed by atoms with Crippen LogP contribution in [0, 0.1) is 0 Å². The van der Waals surface area contributed by atoms with Gasteiger partial charge in [0.15, 0.2) is 5.72 Å². The minimum Gasteiger partial charge on any atom is -0.366 e. The van der Waals surface area contributed by atoms with Gasteiger partial charge in [-0.3, -0.25) is 9.78 Å². The predicted molar refractivity (Wildman–Crippen MR) is 65.7 cm³/mol. The smallest absolute Gasteiger partial charge is 0.254 e. The van der Waals surface area contributed by atoms with Crippen LogP contribution in [0.3, 0.4) is 0 Å². The number of carbonyl (C=O) groups excluding carboxylic acids is 1. The van der Waals surface area contributed by atoms with Gasteiger partial charge in [-0.05, 0) is 11.6 Å². The highest BCUT2D eigenvalue weighted by Gasteiger charge is 2.41. The van der Waals surface area contributed by atoms with Crippen LogP contribution in [0.5, 0.6) is 0 Å². The first-order chi connectivity index (χ1) is 8.69. The lowest BCUT2D eigenvalue weighted by Gasteiger charge is -2.23. The van der Waals surface area contributed by atoms with Crippen molar-refractivity contribution in [3.8, 4) is 0 Å². The number of aromatic nitrogens is 1. The van der Waals surface area contributed by atoms with Crippen molar-refractivity contribution in [3.05, 3.63) is 65.5 Å². The molecule has 18 heavy (non-hydrogen) atoms. The second kappa shape index (κ2) is 3.92. The Hall–Kier alpha value is -2.20. The van der Waals surface area contributed by atoms with E-state index in [4.69, 9.17) is 0 Å². The molecule has 1 unspecified atom stereocenters. The first-order valence-electron chi connectivity index (χ1n) is 5.72. The normalized spacial score (nSPS) is 21.5. The molecule has 4 nitrogen and oxygen atoms in total. The molecule has 2 heterocycles. The van der Waals surface area contributed by atoms with E-state index in [9.17, 15) is 9.90 Å². The molecule has 0 aliphatic carbocycles. The number of fused-ring (bicyclic) bond motifs is 1. The van der Waals surface area contributed by atoms with Crippen molar-refractivity contribution >= 4 is 5.91 Å². The Labute approximate surface area is 104 Å². The molecule has 0 fully saturated rings. The highest BCUT2D eigenvalue weighted by molar-refractivity contribution is 5.99. The summed E-state index contributed by atoms with van der Waals surface area (Å²) in [5.41, 5.74) is 0.626. The topological polar surface area (TPSA) is 62.2 Å². The van der Waals surface area contributed by atoms with Crippen molar-refractivity contribution in [2.24, 2.45) is 0 Å². The SMILES string of the molecule is O=C1NC(O)(Cc2ccccc2)c2cnccc21. The molecule has 1 atom stereocenters. The zero-order chi connectivity index (χ0) is 12.6. The van der Waals surface area contributed by atoms with Crippen molar-refractivity contribution in [1.29, 1.82) is 0 Å². The van der Waals surface area contributed by atoms with Crippen molar-refractivity contribution in [2.45, 2.75) is 12.1 Å². The van der Waals surface area contributed by atoms with Gasteiger partial charge in [0.1, 0.15) is 0 Å². The summed E-state index contributed by atoms with van der Waals surface area (Å²) in [6, 6.07) is 11.2. The van der Waals surface area contributed by atoms with E-state index in [1.165, 1.54) is 6.20 Å². The van der Waals surface area contributed by atoms with Crippen LogP contribution in [-0.2, 0) is 12.1 Å². The molecule has 0 bridgehead atoms. The number of nitrogens with one attached hydrogen (secondary N) is 1. The molecule has 1 aliphatic heterocycles. The number of hydrogen-bond donors (Lipinski definition) is 2. The molecule has 4 heteroatoms. The third-order valence-corrected chi connectivity index (χ3v) is 3.13. The lowest BCUT2D eigenvalue weighted by Crippen LogP contribution is -2.41. The third kappa shape index (κ3) is 1.67. The highest BCUT2D eigenvalue weighted by atomic mass is 16.3. The second-order valence-electron chi connectivity index (χ2n) is 4.40. The van der Waals surface area contributed by atoms with Gasteiger partial charge in [-0.2, -0.15) is 0 Å². The quantitative estimate of drug-likeness (QED) is 0.829. The number of nitrogens with zero attached hydrogens (tertiary/aromatic N) is 1. The fourth-order valence-electron chi connectivity index (χ4n) is 2.28. The van der Waals surface area contributed by atoms with Gasteiger partial charge in [-0.25, -0.2) is 0 Å². The van der Waals surface area contributed by atoms with E-state index in [1.807, 2.05) is 30.3 Å². The highest BCUT2D eigenvalue weighted by Crippen LogP contribution is 2.31. The standard InChI is InChI=1S/C14H12N2O2/c17-13-11-6-7-15-9-12(11)14(18,16-13)8-10-4-2-1-3-5-10/h1-7,9,18H,8H2,(H,16,17). The molecule has 0 saturated carbocycles. The Kier molecular flexibility index (Phi) is 2.38. The summed E-state index contributed by atoms with van der Waals surface area (Å²) in [7, 11) is 0. The first-order valence-corrected chi connectivity index (χ1v) is 5.72. The van der Waals surface area contributed by atoms with E-state index < -0.39 is 5.72 Å². The first kappa shape index (κ1) is 10.9. The number of carbonyl (C=O) groups is 1. The molecule has 0 saturated heterocycles. The van der Waals surface area contributed by atoms with Gasteiger partial charge >= 0.3 is 0 Å². The Balaban J connectivity index is 2.00. The van der Waals surface area contributed by atoms with E-state index in [2.05, 4.69) is 10.3 Å². The van der Waals surface area contributed by atoms with Crippen molar-refractivity contribution in [3.63, 3.8) is 0 Å². The van der Waals surface area contributed by atoms with Gasteiger partial charge in [-0.15, -0.1) is 0 Å². The Morgan fingerprint density at radius 1 is 1.22 bits per heavy atom. The second-order valence-corrected chi connectivity index (χ2v) is 4.40. The summed E-state index contributed by atoms with van der Waals surface area (Å²) in [6.45, 7) is 0. The van der Waals surface area contributed by atoms with Crippen LogP contribution in [0.25, 0.3) is 0 Å². The number of pyridine rings is 1. The van der Waals surface area contributed by atoms with Gasteiger partial charge in [0.25, 0.3) is 5.91 Å². The van der Waals surface area contributed by atoms with Crippen molar-refractivity contribution in [1.82, 2.24) is 10.3 Å². The van der Waals surface area contributed by atoms with Crippen LogP contribution in [0.15, 0.2) is 48.8 Å². The van der Waals surface area contributed by atoms with Crippen LogP contribution in [0.2, 0.25) is 0 Å². The predicted octanol–water partition coefficient (Wildman–Crippen LogP) is 1.21. The number of benzene rings is 1. The van der Waals surface area contributed by atoms with E-state index in [0.29, 0.717) is 17.5 Å². The van der Waals surface area contributed by atoms with Gasteiger partial charge in [-0.1, -0.05) is 30.3 Å². The van der Waals surface area contributed by atoms with E-state index in [1.54, 1.807) is 12.3 Å². The van der Waals surface area contributed by atoms with E-state index in [-0.39, 0.29) is 5.91 Å². The number of aliphatic hydroxyl groups is 1. The van der Waals surface area contributed by atoms with Crippen molar-refractivity contribution in [2.75, 3.05) is 0 Å². The maximum Gasteiger partial charge on any atom is 0.254 e. The number of rotatable bonds is 2. The summed E-state index contributed by atoms with van der Waals surface area (Å²) in [5.74, 6) is -0.258. The summed E-state index contributed by atoms with van der Waals surface area (Å²) < 4.78 is 0. The molecule has 2 aromatic rings. The van der Waals surface area contributed by atoms with Gasteiger partial charge in [0.05, 0.1) is 5.56 Å². The summed E-state index contributed by atoms with van der Waals surface area (Å²) in [4.78, 5) is 15.7. The lowest BCUT2D eigenvalue weighted by molar-refractivity contribution is 0.0132. The summed E-state index contributed by atoms with van der Waals surface area (Å²) in [5, 5.41) is 13.2. The van der Waals surface area contributed by atoms with E-state index >= 15 is 0 Å². The molecule has 0 spiro atoms. The molecule has 1 amide bonds. The lowest BCUT2D eigenvalue weighted by atomic mass is 9.96. The summed E-state index contributed by atoms with van der Waals surface area (Å²) in [6.07, 6.45) is 3.42. The van der Waals surface area contributed by atoms with Gasteiger partial charge in [0, 0.05) is 24.4 Å². The molecular weight excluding hydrogens is 228 g/mol. The van der Waals surface area contributed by atoms with Crippen LogP contribution in [0.1, 0.15) is 21.5 Å². The molecule has 2 N–H and O–H groups in total. The molecule has 90 valence electrons. The van der Waals surface area contributed by atoms with Gasteiger partial charge in [0.2, 0.25) is 0 Å². The molecule has 3 rings (SSSR count).